The Morgan fingerprint density at radius 2 is 1.93 bits per heavy atom. The van der Waals surface area contributed by atoms with Crippen LogP contribution in [0.15, 0.2) is 42.5 Å². The first-order valence-electron chi connectivity index (χ1n) is 9.19. The smallest absolute Gasteiger partial charge is 0.186 e. The van der Waals surface area contributed by atoms with Crippen LogP contribution in [0.25, 0.3) is 22.0 Å². The van der Waals surface area contributed by atoms with Gasteiger partial charge in [0.1, 0.15) is 6.07 Å². The van der Waals surface area contributed by atoms with E-state index < -0.39 is 11.1 Å². The summed E-state index contributed by atoms with van der Waals surface area (Å²) in [5, 5.41) is 22.1. The van der Waals surface area contributed by atoms with Gasteiger partial charge in [0.25, 0.3) is 0 Å². The number of benzene rings is 2. The number of hydrogen-bond donors (Lipinski definition) is 2. The lowest BCUT2D eigenvalue weighted by Crippen LogP contribution is -2.19. The second-order valence-corrected chi connectivity index (χ2v) is 8.13. The maximum Gasteiger partial charge on any atom is 0.186 e. The number of nitrogens with one attached hydrogen (secondary N) is 1. The molecule has 1 aliphatic carbocycles. The number of rotatable bonds is 6. The van der Waals surface area contributed by atoms with Crippen LogP contribution in [0.3, 0.4) is 0 Å². The third kappa shape index (κ3) is 3.88. The van der Waals surface area contributed by atoms with E-state index in [9.17, 15) is 9.47 Å². The van der Waals surface area contributed by atoms with E-state index >= 15 is 0 Å². The first-order chi connectivity index (χ1) is 13.5. The Balaban J connectivity index is 1.69. The fourth-order valence-electron chi connectivity index (χ4n) is 3.39. The molecule has 1 heterocycles. The van der Waals surface area contributed by atoms with Crippen LogP contribution < -0.4 is 5.32 Å². The molecule has 6 nitrogen and oxygen atoms in total. The van der Waals surface area contributed by atoms with E-state index in [1.165, 1.54) is 12.8 Å². The van der Waals surface area contributed by atoms with E-state index in [0.29, 0.717) is 17.7 Å². The summed E-state index contributed by atoms with van der Waals surface area (Å²) >= 11 is -1.85. The van der Waals surface area contributed by atoms with Crippen molar-refractivity contribution in [1.29, 1.82) is 5.26 Å². The normalized spacial score (nSPS) is 15.8. The third-order valence-electron chi connectivity index (χ3n) is 5.15. The lowest BCUT2D eigenvalue weighted by molar-refractivity contribution is 0.563. The van der Waals surface area contributed by atoms with Gasteiger partial charge in [0.15, 0.2) is 16.8 Å². The zero-order chi connectivity index (χ0) is 19.7. The van der Waals surface area contributed by atoms with Crippen molar-refractivity contribution in [2.24, 2.45) is 5.92 Å². The van der Waals surface area contributed by atoms with E-state index in [1.54, 1.807) is 0 Å². The highest BCUT2D eigenvalue weighted by Gasteiger charge is 2.29. The summed E-state index contributed by atoms with van der Waals surface area (Å²) in [5.74, 6) is 0.773. The van der Waals surface area contributed by atoms with E-state index in [4.69, 9.17) is 4.55 Å². The van der Waals surface area contributed by atoms with Crippen molar-refractivity contribution in [1.82, 2.24) is 10.2 Å². The molecular weight excluding hydrogens is 372 g/mol. The molecule has 0 aliphatic heterocycles. The first kappa shape index (κ1) is 18.5. The Kier molecular flexibility index (Phi) is 5.07. The lowest BCUT2D eigenvalue weighted by Gasteiger charge is -2.17. The zero-order valence-electron chi connectivity index (χ0n) is 15.4. The molecule has 0 bridgehead atoms. The number of nitrogens with zero attached hydrogens (tertiary/aromatic N) is 3. The molecule has 1 unspecified atom stereocenters. The maximum atomic E-state index is 10.9. The molecule has 0 radical (unpaired) electrons. The lowest BCUT2D eigenvalue weighted by atomic mass is 10.0. The molecule has 0 saturated heterocycles. The Hall–Kier alpha value is -2.82. The molecule has 142 valence electrons. The van der Waals surface area contributed by atoms with Crippen LogP contribution >= 0.6 is 0 Å². The molecule has 1 aromatic heterocycles. The minimum absolute atomic E-state index is 0.120. The van der Waals surface area contributed by atoms with Gasteiger partial charge in [-0.15, -0.1) is 10.2 Å². The predicted octanol–water partition coefficient (Wildman–Crippen LogP) is 4.10. The van der Waals surface area contributed by atoms with Gasteiger partial charge in [-0.2, -0.15) is 5.26 Å². The fourth-order valence-corrected chi connectivity index (χ4v) is 3.87. The van der Waals surface area contributed by atoms with Crippen LogP contribution in [0.2, 0.25) is 0 Å². The Morgan fingerprint density at radius 1 is 1.21 bits per heavy atom. The SMILES string of the molecule is C[C@@H](Nc1c(C#N)nnc2cc(-c3ccc(CS(=O)O)cc3)ccc12)C1CC1. The molecular formula is C21H20N4O2S. The molecule has 7 heteroatoms. The van der Waals surface area contributed by atoms with E-state index in [2.05, 4.69) is 28.5 Å². The van der Waals surface area contributed by atoms with Gasteiger partial charge >= 0.3 is 0 Å². The van der Waals surface area contributed by atoms with Gasteiger partial charge in [0.2, 0.25) is 0 Å². The van der Waals surface area contributed by atoms with E-state index in [0.717, 1.165) is 33.3 Å². The van der Waals surface area contributed by atoms with Crippen LogP contribution in [-0.2, 0) is 16.8 Å². The second-order valence-electron chi connectivity index (χ2n) is 7.20. The number of aromatic nitrogens is 2. The van der Waals surface area contributed by atoms with Gasteiger partial charge in [0.05, 0.1) is 17.0 Å². The van der Waals surface area contributed by atoms with Crippen molar-refractivity contribution in [3.8, 4) is 17.2 Å². The third-order valence-corrected chi connectivity index (χ3v) is 5.73. The highest BCUT2D eigenvalue weighted by atomic mass is 32.2. The predicted molar refractivity (Wildman–Crippen MR) is 110 cm³/mol. The van der Waals surface area contributed by atoms with E-state index in [1.807, 2.05) is 42.5 Å². The van der Waals surface area contributed by atoms with Gasteiger partial charge in [-0.3, -0.25) is 0 Å². The van der Waals surface area contributed by atoms with Crippen LogP contribution in [0.4, 0.5) is 5.69 Å². The fraction of sp³-hybridized carbons (Fsp3) is 0.286. The summed E-state index contributed by atoms with van der Waals surface area (Å²) in [6.45, 7) is 2.14. The summed E-state index contributed by atoms with van der Waals surface area (Å²) in [4.78, 5) is 0. The number of fused-ring (bicyclic) bond motifs is 1. The van der Waals surface area contributed by atoms with Crippen molar-refractivity contribution in [3.05, 3.63) is 53.7 Å². The summed E-state index contributed by atoms with van der Waals surface area (Å²) in [5.41, 5.74) is 4.56. The van der Waals surface area contributed by atoms with Gasteiger partial charge < -0.3 is 9.87 Å². The zero-order valence-corrected chi connectivity index (χ0v) is 16.2. The van der Waals surface area contributed by atoms with Crippen LogP contribution in [-0.4, -0.2) is 25.0 Å². The molecule has 2 atom stereocenters. The standard InChI is InChI=1S/C21H20N4O2S/c1-13(15-6-7-15)23-21-18-9-8-17(10-19(18)24-25-20(21)11-22)16-4-2-14(3-5-16)12-28(26)27/h2-5,8-10,13,15H,6-7,12H2,1H3,(H,23,24)(H,26,27)/t13-/m1/s1. The summed E-state index contributed by atoms with van der Waals surface area (Å²) in [7, 11) is 0. The average molecular weight is 392 g/mol. The Bertz CT molecular complexity index is 1090. The number of nitriles is 1. The highest BCUT2D eigenvalue weighted by molar-refractivity contribution is 7.78. The molecule has 3 aromatic rings. The topological polar surface area (TPSA) is 98.9 Å². The molecule has 1 saturated carbocycles. The van der Waals surface area contributed by atoms with Crippen LogP contribution in [0, 0.1) is 17.2 Å². The molecule has 2 aromatic carbocycles. The molecule has 1 fully saturated rings. The van der Waals surface area contributed by atoms with Gasteiger partial charge in [0, 0.05) is 11.4 Å². The minimum Gasteiger partial charge on any atom is -0.379 e. The average Bonchev–Trinajstić information content (AvgIpc) is 3.53. The molecule has 0 spiro atoms. The number of anilines is 1. The minimum atomic E-state index is -1.85. The van der Waals surface area contributed by atoms with Gasteiger partial charge in [-0.25, -0.2) is 4.21 Å². The van der Waals surface area contributed by atoms with E-state index in [-0.39, 0.29) is 5.75 Å². The molecule has 1 aliphatic rings. The van der Waals surface area contributed by atoms with Crippen molar-refractivity contribution in [3.63, 3.8) is 0 Å². The van der Waals surface area contributed by atoms with Crippen molar-refractivity contribution >= 4 is 27.7 Å². The highest BCUT2D eigenvalue weighted by Crippen LogP contribution is 2.36. The second kappa shape index (κ2) is 7.66. The first-order valence-corrected chi connectivity index (χ1v) is 10.5. The summed E-state index contributed by atoms with van der Waals surface area (Å²) in [6, 6.07) is 15.9. The quantitative estimate of drug-likeness (QED) is 0.613. The van der Waals surface area contributed by atoms with Gasteiger partial charge in [-0.1, -0.05) is 30.3 Å². The molecule has 28 heavy (non-hydrogen) atoms. The van der Waals surface area contributed by atoms with Crippen molar-refractivity contribution in [2.45, 2.75) is 31.6 Å². The Labute approximate surface area is 165 Å². The number of hydrogen-bond acceptors (Lipinski definition) is 5. The monoisotopic (exact) mass is 392 g/mol. The van der Waals surface area contributed by atoms with Crippen LogP contribution in [0.1, 0.15) is 31.0 Å². The largest absolute Gasteiger partial charge is 0.379 e. The Morgan fingerprint density at radius 3 is 2.57 bits per heavy atom. The maximum absolute atomic E-state index is 10.9. The van der Waals surface area contributed by atoms with Crippen molar-refractivity contribution < 1.29 is 8.76 Å². The molecule has 4 rings (SSSR count). The summed E-state index contributed by atoms with van der Waals surface area (Å²) < 4.78 is 20.0. The molecule has 2 N–H and O–H groups in total. The molecule has 0 amide bonds. The van der Waals surface area contributed by atoms with Crippen LogP contribution in [0.5, 0.6) is 0 Å². The summed E-state index contributed by atoms with van der Waals surface area (Å²) in [6.07, 6.45) is 2.44. The van der Waals surface area contributed by atoms with Gasteiger partial charge in [-0.05, 0) is 54.5 Å². The van der Waals surface area contributed by atoms with Crippen molar-refractivity contribution in [2.75, 3.05) is 5.32 Å².